The summed E-state index contributed by atoms with van der Waals surface area (Å²) in [5, 5.41) is 0. The quantitative estimate of drug-likeness (QED) is 0.427. The van der Waals surface area contributed by atoms with Crippen molar-refractivity contribution in [3.8, 4) is 11.5 Å². The Bertz CT molecular complexity index is 833. The van der Waals surface area contributed by atoms with Gasteiger partial charge in [-0.05, 0) is 24.3 Å². The van der Waals surface area contributed by atoms with Crippen LogP contribution in [-0.2, 0) is 6.54 Å². The number of aromatic nitrogens is 1. The maximum Gasteiger partial charge on any atom is 0.343 e. The summed E-state index contributed by atoms with van der Waals surface area (Å²) < 4.78 is 13.1. The number of esters is 1. The van der Waals surface area contributed by atoms with Crippen LogP contribution in [0.1, 0.15) is 10.4 Å². The van der Waals surface area contributed by atoms with Gasteiger partial charge in [0, 0.05) is 23.9 Å². The Balaban J connectivity index is 1.56. The summed E-state index contributed by atoms with van der Waals surface area (Å²) in [4.78, 5) is 12.1. The third-order valence-electron chi connectivity index (χ3n) is 3.56. The van der Waals surface area contributed by atoms with Crippen molar-refractivity contribution in [2.24, 2.45) is 0 Å². The number of nitrogens with zero attached hydrogens (tertiary/aromatic N) is 1. The van der Waals surface area contributed by atoms with E-state index in [0.717, 1.165) is 5.69 Å². The minimum atomic E-state index is -0.393. The van der Waals surface area contributed by atoms with E-state index in [1.54, 1.807) is 42.5 Å². The summed E-state index contributed by atoms with van der Waals surface area (Å²) in [5.41, 5.74) is 6.89. The molecule has 0 bridgehead atoms. The van der Waals surface area contributed by atoms with Gasteiger partial charge in [0.15, 0.2) is 18.9 Å². The van der Waals surface area contributed by atoms with Crippen LogP contribution in [0.4, 0.5) is 5.69 Å². The molecule has 0 spiro atoms. The first-order valence-corrected chi connectivity index (χ1v) is 7.95. The molecule has 0 amide bonds. The van der Waals surface area contributed by atoms with E-state index in [1.165, 1.54) is 0 Å². The van der Waals surface area contributed by atoms with E-state index in [-0.39, 0.29) is 0 Å². The smallest absolute Gasteiger partial charge is 0.343 e. The van der Waals surface area contributed by atoms with Crippen LogP contribution in [0.25, 0.3) is 0 Å². The minimum absolute atomic E-state index is 0.393. The molecule has 0 saturated carbocycles. The third kappa shape index (κ3) is 4.81. The fourth-order valence-electron chi connectivity index (χ4n) is 2.25. The summed E-state index contributed by atoms with van der Waals surface area (Å²) in [7, 11) is 0. The summed E-state index contributed by atoms with van der Waals surface area (Å²) >= 11 is 0. The van der Waals surface area contributed by atoms with Gasteiger partial charge in [0.2, 0.25) is 0 Å². The molecule has 3 aromatic rings. The first-order chi connectivity index (χ1) is 12.2. The van der Waals surface area contributed by atoms with Gasteiger partial charge in [-0.15, -0.1) is 0 Å². The second-order valence-corrected chi connectivity index (χ2v) is 5.45. The molecule has 0 radical (unpaired) electrons. The predicted octanol–water partition coefficient (Wildman–Crippen LogP) is 2.85. The molecule has 2 N–H and O–H groups in total. The van der Waals surface area contributed by atoms with Crippen LogP contribution in [0.2, 0.25) is 0 Å². The van der Waals surface area contributed by atoms with Crippen molar-refractivity contribution in [1.29, 1.82) is 0 Å². The van der Waals surface area contributed by atoms with Gasteiger partial charge in [-0.2, -0.15) is 0 Å². The number of carbonyl (C=O) groups excluding carboxylic acids is 1. The molecule has 1 heterocycles. The average molecular weight is 335 g/mol. The summed E-state index contributed by atoms with van der Waals surface area (Å²) in [6.45, 7) is 1.18. The Labute approximate surface area is 146 Å². The van der Waals surface area contributed by atoms with Crippen LogP contribution in [0.3, 0.4) is 0 Å². The highest BCUT2D eigenvalue weighted by molar-refractivity contribution is 5.90. The molecule has 25 heavy (non-hydrogen) atoms. The lowest BCUT2D eigenvalue weighted by molar-refractivity contribution is -0.697. The van der Waals surface area contributed by atoms with Gasteiger partial charge in [-0.1, -0.05) is 24.3 Å². The van der Waals surface area contributed by atoms with Gasteiger partial charge in [-0.25, -0.2) is 9.36 Å². The highest BCUT2D eigenvalue weighted by Crippen LogP contribution is 2.20. The Morgan fingerprint density at radius 3 is 2.40 bits per heavy atom. The van der Waals surface area contributed by atoms with Gasteiger partial charge in [-0.3, -0.25) is 0 Å². The Hall–Kier alpha value is -3.34. The van der Waals surface area contributed by atoms with E-state index in [4.69, 9.17) is 15.2 Å². The van der Waals surface area contributed by atoms with Crippen molar-refractivity contribution >= 4 is 11.7 Å². The zero-order valence-electron chi connectivity index (χ0n) is 13.7. The van der Waals surface area contributed by atoms with Gasteiger partial charge in [0.05, 0.1) is 5.56 Å². The van der Waals surface area contributed by atoms with Crippen molar-refractivity contribution < 1.29 is 18.8 Å². The topological polar surface area (TPSA) is 65.4 Å². The minimum Gasteiger partial charge on any atom is -0.487 e. The molecular weight excluding hydrogens is 316 g/mol. The van der Waals surface area contributed by atoms with E-state index in [1.807, 2.05) is 41.2 Å². The second kappa shape index (κ2) is 7.97. The van der Waals surface area contributed by atoms with Crippen LogP contribution in [-0.4, -0.2) is 12.6 Å². The standard InChI is InChI=1S/C20H18N2O3/c21-17-9-11-22(12-10-17)13-14-24-18-7-4-8-19(15-18)25-20(23)16-5-2-1-3-6-16/h1-12,15,21H,13-14H2/p+1. The number of nitrogen functional groups attached to an aromatic ring is 1. The van der Waals surface area contributed by atoms with Gasteiger partial charge < -0.3 is 15.2 Å². The fourth-order valence-corrected chi connectivity index (χ4v) is 2.25. The van der Waals surface area contributed by atoms with E-state index in [9.17, 15) is 4.79 Å². The predicted molar refractivity (Wildman–Crippen MR) is 94.4 cm³/mol. The normalized spacial score (nSPS) is 10.2. The maximum atomic E-state index is 12.1. The van der Waals surface area contributed by atoms with Gasteiger partial charge >= 0.3 is 5.97 Å². The third-order valence-corrected chi connectivity index (χ3v) is 3.56. The molecule has 5 heteroatoms. The monoisotopic (exact) mass is 335 g/mol. The number of rotatable bonds is 6. The molecule has 0 fully saturated rings. The number of benzene rings is 2. The number of ether oxygens (including phenoxy) is 2. The van der Waals surface area contributed by atoms with Gasteiger partial charge in [0.1, 0.15) is 18.1 Å². The van der Waals surface area contributed by atoms with Gasteiger partial charge in [0.25, 0.3) is 0 Å². The summed E-state index contributed by atoms with van der Waals surface area (Å²) in [5.74, 6) is 0.705. The molecule has 0 atom stereocenters. The lowest BCUT2D eigenvalue weighted by Gasteiger charge is -2.08. The molecule has 0 aliphatic heterocycles. The zero-order chi connectivity index (χ0) is 17.5. The van der Waals surface area contributed by atoms with Crippen molar-refractivity contribution in [2.45, 2.75) is 6.54 Å². The molecule has 0 aliphatic carbocycles. The van der Waals surface area contributed by atoms with Crippen LogP contribution >= 0.6 is 0 Å². The number of nitrogens with two attached hydrogens (primary N) is 1. The van der Waals surface area contributed by atoms with Crippen LogP contribution in [0, 0.1) is 0 Å². The molecule has 126 valence electrons. The SMILES string of the molecule is Nc1cc[n+](CCOc2cccc(OC(=O)c3ccccc3)c2)cc1. The lowest BCUT2D eigenvalue weighted by Crippen LogP contribution is -2.35. The van der Waals surface area contributed by atoms with Crippen LogP contribution in [0.5, 0.6) is 11.5 Å². The molecular formula is C20H19N2O3+. The van der Waals surface area contributed by atoms with Crippen LogP contribution < -0.4 is 19.8 Å². The second-order valence-electron chi connectivity index (χ2n) is 5.45. The number of anilines is 1. The number of hydrogen-bond acceptors (Lipinski definition) is 4. The molecule has 0 saturated heterocycles. The van der Waals surface area contributed by atoms with Crippen molar-refractivity contribution in [3.05, 3.63) is 84.7 Å². The highest BCUT2D eigenvalue weighted by atomic mass is 16.5. The summed E-state index contributed by atoms with van der Waals surface area (Å²) in [6, 6.07) is 19.6. The Morgan fingerprint density at radius 1 is 0.920 bits per heavy atom. The van der Waals surface area contributed by atoms with E-state index < -0.39 is 5.97 Å². The van der Waals surface area contributed by atoms with Crippen LogP contribution in [0.15, 0.2) is 79.1 Å². The maximum absolute atomic E-state index is 12.1. The largest absolute Gasteiger partial charge is 0.487 e. The van der Waals surface area contributed by atoms with E-state index in [0.29, 0.717) is 30.2 Å². The Morgan fingerprint density at radius 2 is 1.64 bits per heavy atom. The molecule has 2 aromatic carbocycles. The molecule has 0 unspecified atom stereocenters. The first kappa shape index (κ1) is 16.5. The molecule has 0 aliphatic rings. The molecule has 1 aromatic heterocycles. The first-order valence-electron chi connectivity index (χ1n) is 7.95. The number of hydrogen-bond donors (Lipinski definition) is 1. The summed E-state index contributed by atoms with van der Waals surface area (Å²) in [6.07, 6.45) is 3.80. The highest BCUT2D eigenvalue weighted by Gasteiger charge is 2.08. The van der Waals surface area contributed by atoms with E-state index >= 15 is 0 Å². The molecule has 3 rings (SSSR count). The zero-order valence-corrected chi connectivity index (χ0v) is 13.7. The number of carbonyl (C=O) groups is 1. The van der Waals surface area contributed by atoms with Crippen molar-refractivity contribution in [3.63, 3.8) is 0 Å². The molecule has 5 nitrogen and oxygen atoms in total. The number of pyridine rings is 1. The Kier molecular flexibility index (Phi) is 5.26. The van der Waals surface area contributed by atoms with Crippen molar-refractivity contribution in [2.75, 3.05) is 12.3 Å². The van der Waals surface area contributed by atoms with Crippen molar-refractivity contribution in [1.82, 2.24) is 0 Å². The fraction of sp³-hybridized carbons (Fsp3) is 0.100. The lowest BCUT2D eigenvalue weighted by atomic mass is 10.2. The average Bonchev–Trinajstić information content (AvgIpc) is 2.64. The van der Waals surface area contributed by atoms with E-state index in [2.05, 4.69) is 0 Å².